The molecule has 1 aliphatic heterocycles. The molecule has 0 bridgehead atoms. The molecule has 1 aliphatic rings. The molecule has 2 nitrogen and oxygen atoms in total. The van der Waals surface area contributed by atoms with E-state index in [9.17, 15) is 0 Å². The van der Waals surface area contributed by atoms with E-state index in [4.69, 9.17) is 27.9 Å². The van der Waals surface area contributed by atoms with Gasteiger partial charge in [-0.3, -0.25) is 0 Å². The van der Waals surface area contributed by atoms with Crippen LogP contribution in [0.2, 0.25) is 5.02 Å². The Morgan fingerprint density at radius 2 is 2.28 bits per heavy atom. The van der Waals surface area contributed by atoms with Gasteiger partial charge in [-0.15, -0.1) is 11.6 Å². The Kier molecular flexibility index (Phi) is 5.16. The Balaban J connectivity index is 2.07. The standard InChI is InChI=1S/C14H19Cl2NO/c1-17(9-11-4-3-7-18-10-11)14-6-2-5-13(16)12(14)8-15/h2,5-6,11H,3-4,7-10H2,1H3. The Morgan fingerprint density at radius 1 is 1.44 bits per heavy atom. The molecule has 0 aliphatic carbocycles. The van der Waals surface area contributed by atoms with Crippen molar-refractivity contribution in [3.05, 3.63) is 28.8 Å². The van der Waals surface area contributed by atoms with Crippen LogP contribution in [-0.2, 0) is 10.6 Å². The third kappa shape index (κ3) is 3.31. The number of anilines is 1. The molecule has 1 heterocycles. The summed E-state index contributed by atoms with van der Waals surface area (Å²) in [6, 6.07) is 5.94. The molecule has 0 saturated carbocycles. The Hall–Kier alpha value is -0.440. The molecular formula is C14H19Cl2NO. The number of benzene rings is 1. The lowest BCUT2D eigenvalue weighted by molar-refractivity contribution is 0.0576. The average molecular weight is 288 g/mol. The first kappa shape index (κ1) is 14.0. The molecule has 1 fully saturated rings. The van der Waals surface area contributed by atoms with Crippen molar-refractivity contribution < 1.29 is 4.74 Å². The quantitative estimate of drug-likeness (QED) is 0.778. The molecule has 2 rings (SSSR count). The zero-order valence-corrected chi connectivity index (χ0v) is 12.2. The van der Waals surface area contributed by atoms with Crippen LogP contribution in [0.5, 0.6) is 0 Å². The van der Waals surface area contributed by atoms with Crippen LogP contribution in [0.3, 0.4) is 0 Å². The first-order valence-corrected chi connectivity index (χ1v) is 7.26. The normalized spacial score (nSPS) is 19.8. The lowest BCUT2D eigenvalue weighted by Gasteiger charge is -2.29. The van der Waals surface area contributed by atoms with Crippen molar-refractivity contribution >= 4 is 28.9 Å². The predicted molar refractivity (Wildman–Crippen MR) is 77.8 cm³/mol. The van der Waals surface area contributed by atoms with E-state index < -0.39 is 0 Å². The number of rotatable bonds is 4. The summed E-state index contributed by atoms with van der Waals surface area (Å²) < 4.78 is 5.52. The third-order valence-corrected chi connectivity index (χ3v) is 4.05. The van der Waals surface area contributed by atoms with Crippen molar-refractivity contribution in [1.29, 1.82) is 0 Å². The molecule has 0 radical (unpaired) electrons. The van der Waals surface area contributed by atoms with Crippen LogP contribution in [-0.4, -0.2) is 26.8 Å². The van der Waals surface area contributed by atoms with Gasteiger partial charge in [0.25, 0.3) is 0 Å². The first-order valence-electron chi connectivity index (χ1n) is 6.34. The fourth-order valence-electron chi connectivity index (χ4n) is 2.47. The van der Waals surface area contributed by atoms with Gasteiger partial charge < -0.3 is 9.64 Å². The van der Waals surface area contributed by atoms with E-state index in [0.717, 1.165) is 42.5 Å². The van der Waals surface area contributed by atoms with E-state index >= 15 is 0 Å². The highest BCUT2D eigenvalue weighted by Gasteiger charge is 2.18. The summed E-state index contributed by atoms with van der Waals surface area (Å²) in [7, 11) is 2.09. The van der Waals surface area contributed by atoms with E-state index in [2.05, 4.69) is 18.0 Å². The second-order valence-electron chi connectivity index (χ2n) is 4.83. The Bertz CT molecular complexity index is 391. The number of hydrogen-bond donors (Lipinski definition) is 0. The van der Waals surface area contributed by atoms with Crippen LogP contribution in [0.15, 0.2) is 18.2 Å². The molecule has 0 N–H and O–H groups in total. The molecule has 18 heavy (non-hydrogen) atoms. The molecule has 4 heteroatoms. The summed E-state index contributed by atoms with van der Waals surface area (Å²) >= 11 is 12.2. The molecular weight excluding hydrogens is 269 g/mol. The number of halogens is 2. The molecule has 100 valence electrons. The molecule has 1 saturated heterocycles. The van der Waals surface area contributed by atoms with Crippen molar-refractivity contribution in [1.82, 2.24) is 0 Å². The summed E-state index contributed by atoms with van der Waals surface area (Å²) in [6.45, 7) is 2.76. The molecule has 0 spiro atoms. The summed E-state index contributed by atoms with van der Waals surface area (Å²) in [4.78, 5) is 2.24. The minimum atomic E-state index is 0.445. The number of alkyl halides is 1. The van der Waals surface area contributed by atoms with Crippen LogP contribution in [0.4, 0.5) is 5.69 Å². The van der Waals surface area contributed by atoms with Gasteiger partial charge in [-0.25, -0.2) is 0 Å². The van der Waals surface area contributed by atoms with Crippen molar-refractivity contribution in [3.8, 4) is 0 Å². The summed E-state index contributed by atoms with van der Waals surface area (Å²) in [5, 5.41) is 0.745. The maximum absolute atomic E-state index is 6.18. The average Bonchev–Trinajstić information content (AvgIpc) is 2.39. The van der Waals surface area contributed by atoms with E-state index in [0.29, 0.717) is 11.8 Å². The Labute approximate surface area is 119 Å². The Morgan fingerprint density at radius 3 is 2.94 bits per heavy atom. The number of hydrogen-bond acceptors (Lipinski definition) is 2. The van der Waals surface area contributed by atoms with Crippen molar-refractivity contribution in [2.75, 3.05) is 31.7 Å². The predicted octanol–water partition coefficient (Wildman–Crippen LogP) is 3.94. The maximum Gasteiger partial charge on any atom is 0.0511 e. The van der Waals surface area contributed by atoms with E-state index in [1.165, 1.54) is 6.42 Å². The molecule has 0 aromatic heterocycles. The summed E-state index contributed by atoms with van der Waals surface area (Å²) in [6.07, 6.45) is 2.40. The number of ether oxygens (including phenoxy) is 1. The van der Waals surface area contributed by atoms with Gasteiger partial charge in [-0.2, -0.15) is 0 Å². The van der Waals surface area contributed by atoms with Gasteiger partial charge >= 0.3 is 0 Å². The van der Waals surface area contributed by atoms with Crippen LogP contribution in [0, 0.1) is 5.92 Å². The summed E-state index contributed by atoms with van der Waals surface area (Å²) in [5.74, 6) is 1.05. The minimum absolute atomic E-state index is 0.445. The lowest BCUT2D eigenvalue weighted by Crippen LogP contribution is -2.31. The largest absolute Gasteiger partial charge is 0.381 e. The fourth-order valence-corrected chi connectivity index (χ4v) is 3.06. The SMILES string of the molecule is CN(CC1CCCOC1)c1cccc(Cl)c1CCl. The topological polar surface area (TPSA) is 12.5 Å². The van der Waals surface area contributed by atoms with Gasteiger partial charge in [0.1, 0.15) is 0 Å². The smallest absolute Gasteiger partial charge is 0.0511 e. The molecule has 1 aromatic carbocycles. The van der Waals surface area contributed by atoms with Crippen molar-refractivity contribution in [3.63, 3.8) is 0 Å². The first-order chi connectivity index (χ1) is 8.72. The van der Waals surface area contributed by atoms with E-state index in [-0.39, 0.29) is 0 Å². The fraction of sp³-hybridized carbons (Fsp3) is 0.571. The van der Waals surface area contributed by atoms with Gasteiger partial charge in [-0.05, 0) is 30.9 Å². The van der Waals surface area contributed by atoms with E-state index in [1.807, 2.05) is 12.1 Å². The number of nitrogens with zero attached hydrogens (tertiary/aromatic N) is 1. The van der Waals surface area contributed by atoms with Crippen molar-refractivity contribution in [2.24, 2.45) is 5.92 Å². The summed E-state index contributed by atoms with van der Waals surface area (Å²) in [5.41, 5.74) is 2.14. The molecule has 1 aromatic rings. The van der Waals surface area contributed by atoms with Gasteiger partial charge in [0.2, 0.25) is 0 Å². The highest BCUT2D eigenvalue weighted by Crippen LogP contribution is 2.29. The zero-order chi connectivity index (χ0) is 13.0. The molecule has 1 atom stereocenters. The van der Waals surface area contributed by atoms with E-state index in [1.54, 1.807) is 0 Å². The second kappa shape index (κ2) is 6.65. The van der Waals surface area contributed by atoms with Gasteiger partial charge in [0.15, 0.2) is 0 Å². The van der Waals surface area contributed by atoms with Crippen molar-refractivity contribution in [2.45, 2.75) is 18.7 Å². The van der Waals surface area contributed by atoms with Gasteiger partial charge in [-0.1, -0.05) is 17.7 Å². The maximum atomic E-state index is 6.18. The van der Waals surface area contributed by atoms with Gasteiger partial charge in [0.05, 0.1) is 12.5 Å². The van der Waals surface area contributed by atoms with Crippen LogP contribution in [0.25, 0.3) is 0 Å². The van der Waals surface area contributed by atoms with Crippen LogP contribution < -0.4 is 4.90 Å². The molecule has 1 unspecified atom stereocenters. The minimum Gasteiger partial charge on any atom is -0.381 e. The highest BCUT2D eigenvalue weighted by atomic mass is 35.5. The monoisotopic (exact) mass is 287 g/mol. The van der Waals surface area contributed by atoms with Crippen LogP contribution >= 0.6 is 23.2 Å². The van der Waals surface area contributed by atoms with Crippen LogP contribution in [0.1, 0.15) is 18.4 Å². The lowest BCUT2D eigenvalue weighted by atomic mass is 10.0. The highest BCUT2D eigenvalue weighted by molar-refractivity contribution is 6.32. The second-order valence-corrected chi connectivity index (χ2v) is 5.51. The molecule has 0 amide bonds. The zero-order valence-electron chi connectivity index (χ0n) is 10.7. The van der Waals surface area contributed by atoms with Gasteiger partial charge in [0, 0.05) is 36.5 Å². The third-order valence-electron chi connectivity index (χ3n) is 3.43.